The maximum Gasteiger partial charge on any atom is 0.341 e. The molecule has 6 nitrogen and oxygen atoms in total. The Hall–Kier alpha value is -3.28. The number of rotatable bonds is 4. The van der Waals surface area contributed by atoms with E-state index < -0.39 is 5.97 Å². The topological polar surface area (TPSA) is 77.9 Å². The minimum atomic E-state index is -1.00. The second kappa shape index (κ2) is 5.98. The number of ether oxygens (including phenoxy) is 3. The van der Waals surface area contributed by atoms with Crippen LogP contribution >= 0.6 is 0 Å². The van der Waals surface area contributed by atoms with E-state index >= 15 is 0 Å². The highest BCUT2D eigenvalue weighted by molar-refractivity contribution is 5.88. The van der Waals surface area contributed by atoms with E-state index in [1.165, 1.54) is 0 Å². The highest BCUT2D eigenvalue weighted by Gasteiger charge is 2.16. The number of aryl methyl sites for hydroxylation is 1. The average Bonchev–Trinajstić information content (AvgIpc) is 3.06. The summed E-state index contributed by atoms with van der Waals surface area (Å²) in [7, 11) is 0. The van der Waals surface area contributed by atoms with Crippen LogP contribution in [0.2, 0.25) is 0 Å². The number of nitrogens with zero attached hydrogens (tertiary/aromatic N) is 1. The lowest BCUT2D eigenvalue weighted by atomic mass is 10.0. The zero-order valence-electron chi connectivity index (χ0n) is 13.5. The van der Waals surface area contributed by atoms with Crippen molar-refractivity contribution in [3.63, 3.8) is 0 Å². The van der Waals surface area contributed by atoms with Crippen LogP contribution in [0.3, 0.4) is 0 Å². The van der Waals surface area contributed by atoms with Gasteiger partial charge >= 0.3 is 5.97 Å². The van der Waals surface area contributed by atoms with E-state index in [1.54, 1.807) is 12.1 Å². The van der Waals surface area contributed by atoms with Crippen molar-refractivity contribution in [3.05, 3.63) is 48.0 Å². The minimum Gasteiger partial charge on any atom is -0.482 e. The maximum atomic E-state index is 10.5. The molecule has 0 amide bonds. The number of hydrogen-bond donors (Lipinski definition) is 1. The van der Waals surface area contributed by atoms with Crippen molar-refractivity contribution >= 4 is 16.9 Å². The fraction of sp³-hybridized carbons (Fsp3) is 0.158. The standard InChI is InChI=1S/C19H15NO5/c1-11-6-15(12-2-4-13(5-3-12)23-9-19(21)22)20-16-8-18-17(7-14(11)16)24-10-25-18/h2-8H,9-10H2,1H3,(H,21,22). The first kappa shape index (κ1) is 15.3. The van der Waals surface area contributed by atoms with Crippen molar-refractivity contribution in [1.82, 2.24) is 4.98 Å². The third kappa shape index (κ3) is 2.94. The summed E-state index contributed by atoms with van der Waals surface area (Å²) < 4.78 is 16.0. The molecule has 0 saturated heterocycles. The Morgan fingerprint density at radius 2 is 1.88 bits per heavy atom. The lowest BCUT2D eigenvalue weighted by molar-refractivity contribution is -0.139. The zero-order chi connectivity index (χ0) is 17.4. The van der Waals surface area contributed by atoms with Gasteiger partial charge in [0.15, 0.2) is 18.1 Å². The molecule has 1 N–H and O–H groups in total. The molecule has 0 unspecified atom stereocenters. The summed E-state index contributed by atoms with van der Waals surface area (Å²) in [5, 5.41) is 9.67. The number of aromatic nitrogens is 1. The van der Waals surface area contributed by atoms with Crippen LogP contribution in [0, 0.1) is 6.92 Å². The second-order valence-corrected chi connectivity index (χ2v) is 5.75. The van der Waals surface area contributed by atoms with E-state index in [2.05, 4.69) is 0 Å². The maximum absolute atomic E-state index is 10.5. The van der Waals surface area contributed by atoms with E-state index in [0.29, 0.717) is 11.5 Å². The van der Waals surface area contributed by atoms with Crippen LogP contribution in [0.25, 0.3) is 22.2 Å². The van der Waals surface area contributed by atoms with E-state index in [1.807, 2.05) is 37.3 Å². The fourth-order valence-electron chi connectivity index (χ4n) is 2.80. The monoisotopic (exact) mass is 337 g/mol. The lowest BCUT2D eigenvalue weighted by Crippen LogP contribution is -2.09. The Balaban J connectivity index is 1.69. The third-order valence-corrected chi connectivity index (χ3v) is 4.02. The van der Waals surface area contributed by atoms with Crippen molar-refractivity contribution < 1.29 is 24.1 Å². The molecule has 4 rings (SSSR count). The normalized spacial score (nSPS) is 12.4. The molecule has 0 spiro atoms. The first-order valence-electron chi connectivity index (χ1n) is 7.76. The summed E-state index contributed by atoms with van der Waals surface area (Å²) >= 11 is 0. The number of carbonyl (C=O) groups is 1. The summed E-state index contributed by atoms with van der Waals surface area (Å²) in [6, 6.07) is 13.0. The average molecular weight is 337 g/mol. The number of aliphatic carboxylic acids is 1. The number of carboxylic acids is 1. The van der Waals surface area contributed by atoms with Gasteiger partial charge in [-0.05, 0) is 48.9 Å². The zero-order valence-corrected chi connectivity index (χ0v) is 13.5. The van der Waals surface area contributed by atoms with Crippen molar-refractivity contribution in [2.75, 3.05) is 13.4 Å². The third-order valence-electron chi connectivity index (χ3n) is 4.02. The molecule has 126 valence electrons. The Morgan fingerprint density at radius 3 is 2.60 bits per heavy atom. The Kier molecular flexibility index (Phi) is 3.65. The fourth-order valence-corrected chi connectivity index (χ4v) is 2.80. The molecular weight excluding hydrogens is 322 g/mol. The lowest BCUT2D eigenvalue weighted by Gasteiger charge is -2.09. The molecule has 2 heterocycles. The minimum absolute atomic E-state index is 0.232. The van der Waals surface area contributed by atoms with Gasteiger partial charge < -0.3 is 19.3 Å². The summed E-state index contributed by atoms with van der Waals surface area (Å²) in [6.07, 6.45) is 0. The summed E-state index contributed by atoms with van der Waals surface area (Å²) in [4.78, 5) is 15.3. The molecule has 1 aliphatic heterocycles. The quantitative estimate of drug-likeness (QED) is 0.786. The Bertz CT molecular complexity index is 966. The number of fused-ring (bicyclic) bond motifs is 2. The molecule has 0 atom stereocenters. The predicted octanol–water partition coefficient (Wildman–Crippen LogP) is 3.40. The van der Waals surface area contributed by atoms with E-state index in [4.69, 9.17) is 24.3 Å². The molecule has 3 aromatic rings. The molecule has 6 heteroatoms. The van der Waals surface area contributed by atoms with Gasteiger partial charge in [0, 0.05) is 17.0 Å². The Labute approximate surface area is 143 Å². The van der Waals surface area contributed by atoms with Crippen molar-refractivity contribution in [3.8, 4) is 28.5 Å². The van der Waals surface area contributed by atoms with Crippen LogP contribution < -0.4 is 14.2 Å². The van der Waals surface area contributed by atoms with Gasteiger partial charge in [-0.3, -0.25) is 0 Å². The molecule has 1 aliphatic rings. The molecular formula is C19H15NO5. The highest BCUT2D eigenvalue weighted by Crippen LogP contribution is 2.37. The predicted molar refractivity (Wildman–Crippen MR) is 91.2 cm³/mol. The van der Waals surface area contributed by atoms with Gasteiger partial charge in [0.05, 0.1) is 11.2 Å². The first-order chi connectivity index (χ1) is 12.1. The highest BCUT2D eigenvalue weighted by atomic mass is 16.7. The number of carboxylic acid groups (broad SMARTS) is 1. The van der Waals surface area contributed by atoms with Crippen molar-refractivity contribution in [2.45, 2.75) is 6.92 Å². The molecule has 25 heavy (non-hydrogen) atoms. The van der Waals surface area contributed by atoms with Crippen LogP contribution in [-0.4, -0.2) is 29.5 Å². The van der Waals surface area contributed by atoms with Crippen LogP contribution in [0.15, 0.2) is 42.5 Å². The molecule has 0 aliphatic carbocycles. The van der Waals surface area contributed by atoms with Gasteiger partial charge in [-0.15, -0.1) is 0 Å². The SMILES string of the molecule is Cc1cc(-c2ccc(OCC(=O)O)cc2)nc2cc3c(cc12)OCO3. The van der Waals surface area contributed by atoms with Gasteiger partial charge in [0.2, 0.25) is 6.79 Å². The number of hydrogen-bond acceptors (Lipinski definition) is 5. The molecule has 0 saturated carbocycles. The smallest absolute Gasteiger partial charge is 0.341 e. The number of benzene rings is 2. The summed E-state index contributed by atoms with van der Waals surface area (Å²) in [6.45, 7) is 1.90. The van der Waals surface area contributed by atoms with Crippen LogP contribution in [0.1, 0.15) is 5.56 Å². The summed E-state index contributed by atoms with van der Waals surface area (Å²) in [5.74, 6) is 0.945. The molecule has 0 fully saturated rings. The molecule has 2 aromatic carbocycles. The molecule has 0 bridgehead atoms. The second-order valence-electron chi connectivity index (χ2n) is 5.75. The van der Waals surface area contributed by atoms with Crippen LogP contribution in [-0.2, 0) is 4.79 Å². The van der Waals surface area contributed by atoms with Crippen LogP contribution in [0.4, 0.5) is 0 Å². The van der Waals surface area contributed by atoms with E-state index in [0.717, 1.165) is 33.5 Å². The van der Waals surface area contributed by atoms with Gasteiger partial charge in [-0.1, -0.05) is 0 Å². The van der Waals surface area contributed by atoms with Gasteiger partial charge in [0.1, 0.15) is 5.75 Å². The molecule has 1 aromatic heterocycles. The van der Waals surface area contributed by atoms with Gasteiger partial charge in [-0.25, -0.2) is 9.78 Å². The summed E-state index contributed by atoms with van der Waals surface area (Å²) in [5.41, 5.74) is 3.67. The van der Waals surface area contributed by atoms with Gasteiger partial charge in [-0.2, -0.15) is 0 Å². The Morgan fingerprint density at radius 1 is 1.16 bits per heavy atom. The van der Waals surface area contributed by atoms with E-state index in [-0.39, 0.29) is 13.4 Å². The van der Waals surface area contributed by atoms with E-state index in [9.17, 15) is 4.79 Å². The van der Waals surface area contributed by atoms with Crippen molar-refractivity contribution in [1.29, 1.82) is 0 Å². The first-order valence-corrected chi connectivity index (χ1v) is 7.76. The van der Waals surface area contributed by atoms with Gasteiger partial charge in [0.25, 0.3) is 0 Å². The molecule has 0 radical (unpaired) electrons. The van der Waals surface area contributed by atoms with Crippen molar-refractivity contribution in [2.24, 2.45) is 0 Å². The van der Waals surface area contributed by atoms with Crippen LogP contribution in [0.5, 0.6) is 17.2 Å². The largest absolute Gasteiger partial charge is 0.482 e. The number of pyridine rings is 1.